The number of hydrogen-bond acceptors (Lipinski definition) is 3. The first kappa shape index (κ1) is 15.2. The van der Waals surface area contributed by atoms with Crippen molar-refractivity contribution < 1.29 is 9.47 Å². The molecule has 1 aromatic rings. The van der Waals surface area contributed by atoms with Crippen LogP contribution < -0.4 is 0 Å². The van der Waals surface area contributed by atoms with E-state index in [1.807, 2.05) is 0 Å². The molecule has 6 atom stereocenters. The van der Waals surface area contributed by atoms with Gasteiger partial charge in [0.15, 0.2) is 6.29 Å². The average Bonchev–Trinajstić information content (AvgIpc) is 3.19. The van der Waals surface area contributed by atoms with Crippen molar-refractivity contribution in [3.8, 4) is 0 Å². The molecule has 2 aliphatic carbocycles. The van der Waals surface area contributed by atoms with E-state index in [1.165, 1.54) is 17.7 Å². The first-order valence-corrected chi connectivity index (χ1v) is 9.69. The lowest BCUT2D eigenvalue weighted by Crippen LogP contribution is -2.38. The van der Waals surface area contributed by atoms with Crippen molar-refractivity contribution in [1.82, 2.24) is 0 Å². The minimum atomic E-state index is -0.00178. The van der Waals surface area contributed by atoms with Crippen molar-refractivity contribution in [3.05, 3.63) is 22.4 Å². The van der Waals surface area contributed by atoms with Crippen molar-refractivity contribution >= 4 is 11.3 Å². The minimum Gasteiger partial charge on any atom is -0.349 e. The van der Waals surface area contributed by atoms with E-state index >= 15 is 0 Å². The molecule has 3 aliphatic rings. The van der Waals surface area contributed by atoms with E-state index in [2.05, 4.69) is 45.2 Å². The number of ether oxygens (including phenoxy) is 2. The second-order valence-electron chi connectivity index (χ2n) is 8.22. The Hall–Kier alpha value is -0.380. The van der Waals surface area contributed by atoms with Crippen LogP contribution in [0.15, 0.2) is 17.5 Å². The highest BCUT2D eigenvalue weighted by atomic mass is 32.1. The van der Waals surface area contributed by atoms with Gasteiger partial charge >= 0.3 is 0 Å². The van der Waals surface area contributed by atoms with Gasteiger partial charge in [-0.25, -0.2) is 0 Å². The van der Waals surface area contributed by atoms with Gasteiger partial charge in [-0.3, -0.25) is 0 Å². The van der Waals surface area contributed by atoms with Gasteiger partial charge in [0.2, 0.25) is 0 Å². The van der Waals surface area contributed by atoms with E-state index in [0.717, 1.165) is 18.8 Å². The molecular weight excluding hydrogens is 292 g/mol. The maximum absolute atomic E-state index is 6.47. The monoisotopic (exact) mass is 320 g/mol. The summed E-state index contributed by atoms with van der Waals surface area (Å²) in [6.07, 6.45) is 5.41. The quantitative estimate of drug-likeness (QED) is 0.739. The topological polar surface area (TPSA) is 18.5 Å². The van der Waals surface area contributed by atoms with Crippen LogP contribution in [0.1, 0.15) is 64.4 Å². The smallest absolute Gasteiger partial charge is 0.159 e. The third kappa shape index (κ3) is 1.91. The van der Waals surface area contributed by atoms with Gasteiger partial charge in [-0.2, -0.15) is 0 Å². The Morgan fingerprint density at radius 2 is 2.23 bits per heavy atom. The lowest BCUT2D eigenvalue weighted by atomic mass is 9.70. The third-order valence-corrected chi connectivity index (χ3v) is 8.18. The summed E-state index contributed by atoms with van der Waals surface area (Å²) in [6, 6.07) is 4.29. The van der Waals surface area contributed by atoms with Gasteiger partial charge in [-0.1, -0.05) is 33.8 Å². The molecule has 0 N–H and O–H groups in total. The second-order valence-corrected chi connectivity index (χ2v) is 9.20. The third-order valence-electron chi connectivity index (χ3n) is 7.22. The molecule has 0 aromatic carbocycles. The summed E-state index contributed by atoms with van der Waals surface area (Å²) in [7, 11) is 0. The summed E-state index contributed by atoms with van der Waals surface area (Å²) in [5.41, 5.74) is 0.760. The Balaban J connectivity index is 1.49. The fourth-order valence-electron chi connectivity index (χ4n) is 5.59. The average molecular weight is 320 g/mol. The highest BCUT2D eigenvalue weighted by Crippen LogP contribution is 2.71. The lowest BCUT2D eigenvalue weighted by molar-refractivity contribution is -0.187. The molecule has 0 spiro atoms. The predicted octanol–water partition coefficient (Wildman–Crippen LogP) is 5.40. The molecule has 0 unspecified atom stereocenters. The zero-order chi connectivity index (χ0) is 15.5. The summed E-state index contributed by atoms with van der Waals surface area (Å²) in [5.74, 6) is 1.53. The van der Waals surface area contributed by atoms with Gasteiger partial charge in [-0.05, 0) is 53.4 Å². The van der Waals surface area contributed by atoms with Crippen LogP contribution in [0.2, 0.25) is 0 Å². The normalized spacial score (nSPS) is 43.5. The summed E-state index contributed by atoms with van der Waals surface area (Å²) in [5, 5.41) is 2.13. The molecule has 3 fully saturated rings. The Labute approximate surface area is 138 Å². The summed E-state index contributed by atoms with van der Waals surface area (Å²) < 4.78 is 12.8. The molecule has 2 saturated carbocycles. The molecule has 122 valence electrons. The van der Waals surface area contributed by atoms with Crippen LogP contribution in [-0.4, -0.2) is 12.4 Å². The zero-order valence-electron chi connectivity index (χ0n) is 14.2. The van der Waals surface area contributed by atoms with Crippen molar-refractivity contribution in [2.24, 2.45) is 22.7 Å². The standard InChI is InChI=1S/C19H28O2S/c1-5-14(15-7-6-10-22-15)20-16-11-12-13-8-9-19(4,17(12)21-16)18(13,2)3/h6-7,10,12-14,16-17H,5,8-9,11H2,1-4H3/t12-,13+,14-,16-,17-,19-/m0/s1. The largest absolute Gasteiger partial charge is 0.349 e. The highest BCUT2D eigenvalue weighted by molar-refractivity contribution is 7.10. The van der Waals surface area contributed by atoms with Crippen LogP contribution in [0.3, 0.4) is 0 Å². The fraction of sp³-hybridized carbons (Fsp3) is 0.789. The van der Waals surface area contributed by atoms with E-state index in [0.29, 0.717) is 22.9 Å². The van der Waals surface area contributed by atoms with Crippen molar-refractivity contribution in [3.63, 3.8) is 0 Å². The van der Waals surface area contributed by atoms with Gasteiger partial charge in [-0.15, -0.1) is 11.3 Å². The molecule has 2 bridgehead atoms. The summed E-state index contributed by atoms with van der Waals surface area (Å²) >= 11 is 1.79. The molecule has 1 aliphatic heterocycles. The Bertz CT molecular complexity index is 538. The summed E-state index contributed by atoms with van der Waals surface area (Å²) in [6.45, 7) is 9.58. The number of hydrogen-bond donors (Lipinski definition) is 0. The van der Waals surface area contributed by atoms with Crippen LogP contribution in [-0.2, 0) is 9.47 Å². The molecule has 22 heavy (non-hydrogen) atoms. The van der Waals surface area contributed by atoms with Crippen LogP contribution in [0, 0.1) is 22.7 Å². The van der Waals surface area contributed by atoms with E-state index in [9.17, 15) is 0 Å². The molecule has 2 heterocycles. The number of thiophene rings is 1. The molecule has 3 heteroatoms. The van der Waals surface area contributed by atoms with E-state index in [1.54, 1.807) is 11.3 Å². The fourth-order valence-corrected chi connectivity index (χ4v) is 6.44. The first-order valence-electron chi connectivity index (χ1n) is 8.81. The Morgan fingerprint density at radius 1 is 1.41 bits per heavy atom. The van der Waals surface area contributed by atoms with Gasteiger partial charge in [0.05, 0.1) is 12.2 Å². The van der Waals surface area contributed by atoms with Gasteiger partial charge in [0.1, 0.15) is 0 Å². The van der Waals surface area contributed by atoms with Crippen molar-refractivity contribution in [2.45, 2.75) is 71.9 Å². The number of rotatable bonds is 4. The lowest BCUT2D eigenvalue weighted by Gasteiger charge is -2.38. The minimum absolute atomic E-state index is 0.00178. The Kier molecular flexibility index (Phi) is 3.49. The maximum atomic E-state index is 6.47. The molecule has 0 radical (unpaired) electrons. The van der Waals surface area contributed by atoms with Gasteiger partial charge in [0.25, 0.3) is 0 Å². The van der Waals surface area contributed by atoms with Crippen LogP contribution >= 0.6 is 11.3 Å². The maximum Gasteiger partial charge on any atom is 0.159 e. The molecule has 1 saturated heterocycles. The van der Waals surface area contributed by atoms with Crippen molar-refractivity contribution in [1.29, 1.82) is 0 Å². The van der Waals surface area contributed by atoms with Crippen LogP contribution in [0.25, 0.3) is 0 Å². The molecule has 4 rings (SSSR count). The first-order chi connectivity index (χ1) is 10.5. The SMILES string of the molecule is CC[C@H](O[C@@H]1C[C@H]2[C@H]3CC[C@@](C)([C@H]2O1)C3(C)C)c1cccs1. The van der Waals surface area contributed by atoms with Gasteiger partial charge in [0, 0.05) is 11.3 Å². The van der Waals surface area contributed by atoms with E-state index in [4.69, 9.17) is 9.47 Å². The Morgan fingerprint density at radius 3 is 2.86 bits per heavy atom. The van der Waals surface area contributed by atoms with Gasteiger partial charge < -0.3 is 9.47 Å². The van der Waals surface area contributed by atoms with Crippen LogP contribution in [0.4, 0.5) is 0 Å². The van der Waals surface area contributed by atoms with Crippen LogP contribution in [0.5, 0.6) is 0 Å². The second kappa shape index (κ2) is 5.06. The van der Waals surface area contributed by atoms with E-state index in [-0.39, 0.29) is 12.4 Å². The van der Waals surface area contributed by atoms with Crippen molar-refractivity contribution in [2.75, 3.05) is 0 Å². The molecular formula is C19H28O2S. The predicted molar refractivity (Wildman–Crippen MR) is 89.8 cm³/mol. The summed E-state index contributed by atoms with van der Waals surface area (Å²) in [4.78, 5) is 1.33. The van der Waals surface area contributed by atoms with E-state index < -0.39 is 0 Å². The highest BCUT2D eigenvalue weighted by Gasteiger charge is 2.69. The molecule has 0 amide bonds. The molecule has 1 aromatic heterocycles. The zero-order valence-corrected chi connectivity index (χ0v) is 15.0. The number of fused-ring (bicyclic) bond motifs is 5. The molecule has 2 nitrogen and oxygen atoms in total.